The largest absolute Gasteiger partial charge is 0.306 e. The van der Waals surface area contributed by atoms with E-state index in [-0.39, 0.29) is 5.91 Å². The minimum Gasteiger partial charge on any atom is -0.306 e. The average molecular weight is 315 g/mol. The Bertz CT molecular complexity index is 879. The lowest BCUT2D eigenvalue weighted by Gasteiger charge is -2.23. The number of benzene rings is 2. The van der Waals surface area contributed by atoms with Crippen molar-refractivity contribution in [2.24, 2.45) is 0 Å². The summed E-state index contributed by atoms with van der Waals surface area (Å²) in [4.78, 5) is 19.2. The lowest BCUT2D eigenvalue weighted by Crippen LogP contribution is -2.32. The average Bonchev–Trinajstić information content (AvgIpc) is 2.65. The molecule has 3 aromatic rings. The van der Waals surface area contributed by atoms with Crippen molar-refractivity contribution in [3.8, 4) is 6.07 Å². The van der Waals surface area contributed by atoms with E-state index in [0.717, 1.165) is 16.6 Å². The molecule has 0 saturated heterocycles. The molecule has 0 fully saturated rings. The van der Waals surface area contributed by atoms with Crippen molar-refractivity contribution in [2.45, 2.75) is 12.8 Å². The van der Waals surface area contributed by atoms with Crippen molar-refractivity contribution < 1.29 is 4.79 Å². The number of unbranched alkanes of at least 4 members (excludes halogenated alkanes) is 1. The Morgan fingerprint density at radius 1 is 1.04 bits per heavy atom. The van der Waals surface area contributed by atoms with Gasteiger partial charge >= 0.3 is 0 Å². The molecule has 2 aromatic carbocycles. The van der Waals surface area contributed by atoms with Gasteiger partial charge in [0.2, 0.25) is 0 Å². The number of para-hydroxylation sites is 1. The summed E-state index contributed by atoms with van der Waals surface area (Å²) in [6.07, 6.45) is 2.77. The van der Waals surface area contributed by atoms with Crippen LogP contribution in [0.25, 0.3) is 10.9 Å². The Balaban J connectivity index is 2.04. The van der Waals surface area contributed by atoms with Crippen LogP contribution >= 0.6 is 0 Å². The predicted molar refractivity (Wildman–Crippen MR) is 94.7 cm³/mol. The van der Waals surface area contributed by atoms with Crippen LogP contribution in [0, 0.1) is 11.3 Å². The molecule has 24 heavy (non-hydrogen) atoms. The summed E-state index contributed by atoms with van der Waals surface area (Å²) in [7, 11) is 0. The molecule has 0 aliphatic carbocycles. The van der Waals surface area contributed by atoms with Crippen LogP contribution in [0.5, 0.6) is 0 Å². The number of aromatic nitrogens is 1. The molecule has 0 N–H and O–H groups in total. The number of hydrogen-bond donors (Lipinski definition) is 0. The van der Waals surface area contributed by atoms with Gasteiger partial charge in [-0.2, -0.15) is 5.26 Å². The summed E-state index contributed by atoms with van der Waals surface area (Å²) in [5.74, 6) is -0.0771. The predicted octanol–water partition coefficient (Wildman–Crippen LogP) is 4.19. The first-order valence-corrected chi connectivity index (χ1v) is 7.89. The second kappa shape index (κ2) is 7.38. The molecule has 118 valence electrons. The number of amides is 1. The Kier molecular flexibility index (Phi) is 4.83. The molecule has 0 unspecified atom stereocenters. The van der Waals surface area contributed by atoms with Gasteiger partial charge in [0, 0.05) is 30.1 Å². The zero-order valence-electron chi connectivity index (χ0n) is 13.2. The van der Waals surface area contributed by atoms with Crippen LogP contribution in [-0.4, -0.2) is 17.4 Å². The summed E-state index contributed by atoms with van der Waals surface area (Å²) in [5.41, 5.74) is 2.20. The number of fused-ring (bicyclic) bond motifs is 1. The first-order chi connectivity index (χ1) is 11.8. The van der Waals surface area contributed by atoms with Crippen molar-refractivity contribution in [3.63, 3.8) is 0 Å². The first kappa shape index (κ1) is 15.7. The molecule has 0 radical (unpaired) electrons. The minimum absolute atomic E-state index is 0.0771. The first-order valence-electron chi connectivity index (χ1n) is 7.89. The fourth-order valence-corrected chi connectivity index (χ4v) is 2.69. The number of hydrogen-bond acceptors (Lipinski definition) is 3. The second-order valence-corrected chi connectivity index (χ2v) is 5.44. The lowest BCUT2D eigenvalue weighted by atomic mass is 10.1. The van der Waals surface area contributed by atoms with Crippen LogP contribution in [0.15, 0.2) is 66.9 Å². The van der Waals surface area contributed by atoms with Crippen LogP contribution in [0.2, 0.25) is 0 Å². The summed E-state index contributed by atoms with van der Waals surface area (Å²) in [5, 5.41) is 9.80. The molecule has 1 heterocycles. The maximum Gasteiger partial charge on any atom is 0.258 e. The van der Waals surface area contributed by atoms with E-state index in [1.807, 2.05) is 48.5 Å². The van der Waals surface area contributed by atoms with Crippen LogP contribution in [0.4, 0.5) is 5.69 Å². The van der Waals surface area contributed by atoms with E-state index in [0.29, 0.717) is 24.9 Å². The topological polar surface area (TPSA) is 57.0 Å². The van der Waals surface area contributed by atoms with Crippen molar-refractivity contribution in [3.05, 3.63) is 72.4 Å². The van der Waals surface area contributed by atoms with Crippen molar-refractivity contribution in [2.75, 3.05) is 11.4 Å². The number of pyridine rings is 1. The fourth-order valence-electron chi connectivity index (χ4n) is 2.69. The Hall–Kier alpha value is -3.19. The molecule has 0 bridgehead atoms. The third-order valence-corrected chi connectivity index (χ3v) is 3.84. The van der Waals surface area contributed by atoms with E-state index in [2.05, 4.69) is 11.1 Å². The Labute approximate surface area is 141 Å². The highest BCUT2D eigenvalue weighted by Gasteiger charge is 2.19. The molecular formula is C20H17N3O. The molecule has 1 amide bonds. The van der Waals surface area contributed by atoms with Crippen LogP contribution in [-0.2, 0) is 0 Å². The standard InChI is InChI=1S/C20H17N3O/c21-13-4-5-15-23(20(24)17-8-2-1-3-9-17)18-12-6-10-16-11-7-14-22-19(16)18/h1-3,6-12,14H,4-5,15H2. The van der Waals surface area contributed by atoms with Crippen molar-refractivity contribution in [1.29, 1.82) is 5.26 Å². The zero-order valence-corrected chi connectivity index (χ0v) is 13.2. The van der Waals surface area contributed by atoms with Gasteiger partial charge in [-0.3, -0.25) is 9.78 Å². The monoisotopic (exact) mass is 315 g/mol. The molecule has 1 aromatic heterocycles. The van der Waals surface area contributed by atoms with E-state index < -0.39 is 0 Å². The van der Waals surface area contributed by atoms with Gasteiger partial charge in [0.15, 0.2) is 0 Å². The molecule has 0 spiro atoms. The number of anilines is 1. The molecule has 3 rings (SSSR count). The third kappa shape index (κ3) is 3.26. The normalized spacial score (nSPS) is 10.3. The highest BCUT2D eigenvalue weighted by atomic mass is 16.2. The molecule has 4 nitrogen and oxygen atoms in total. The molecule has 0 aliphatic heterocycles. The van der Waals surface area contributed by atoms with Gasteiger partial charge in [-0.15, -0.1) is 0 Å². The van der Waals surface area contributed by atoms with Crippen LogP contribution in [0.1, 0.15) is 23.2 Å². The molecular weight excluding hydrogens is 298 g/mol. The van der Waals surface area contributed by atoms with Gasteiger partial charge in [-0.05, 0) is 30.7 Å². The summed E-state index contributed by atoms with van der Waals surface area (Å²) < 4.78 is 0. The second-order valence-electron chi connectivity index (χ2n) is 5.44. The van der Waals surface area contributed by atoms with E-state index >= 15 is 0 Å². The van der Waals surface area contributed by atoms with Crippen LogP contribution < -0.4 is 4.90 Å². The molecule has 0 atom stereocenters. The van der Waals surface area contributed by atoms with E-state index in [9.17, 15) is 4.79 Å². The van der Waals surface area contributed by atoms with Crippen molar-refractivity contribution in [1.82, 2.24) is 4.98 Å². The summed E-state index contributed by atoms with van der Waals surface area (Å²) >= 11 is 0. The summed E-state index contributed by atoms with van der Waals surface area (Å²) in [6.45, 7) is 0.483. The molecule has 4 heteroatoms. The SMILES string of the molecule is N#CCCCN(C(=O)c1ccccc1)c1cccc2cccnc12. The lowest BCUT2D eigenvalue weighted by molar-refractivity contribution is 0.0987. The summed E-state index contributed by atoms with van der Waals surface area (Å²) in [6, 6.07) is 21.0. The van der Waals surface area contributed by atoms with Gasteiger partial charge in [0.25, 0.3) is 5.91 Å². The highest BCUT2D eigenvalue weighted by molar-refractivity contribution is 6.09. The van der Waals surface area contributed by atoms with Crippen molar-refractivity contribution >= 4 is 22.5 Å². The number of rotatable bonds is 5. The van der Waals surface area contributed by atoms with E-state index in [1.54, 1.807) is 23.2 Å². The highest BCUT2D eigenvalue weighted by Crippen LogP contribution is 2.26. The number of nitriles is 1. The number of carbonyl (C=O) groups is 1. The van der Waals surface area contributed by atoms with E-state index in [4.69, 9.17) is 5.26 Å². The smallest absolute Gasteiger partial charge is 0.258 e. The van der Waals surface area contributed by atoms with Gasteiger partial charge in [-0.1, -0.05) is 36.4 Å². The third-order valence-electron chi connectivity index (χ3n) is 3.84. The zero-order chi connectivity index (χ0) is 16.8. The molecule has 0 aliphatic rings. The van der Waals surface area contributed by atoms with Gasteiger partial charge in [0.05, 0.1) is 17.3 Å². The molecule has 0 saturated carbocycles. The van der Waals surface area contributed by atoms with E-state index in [1.165, 1.54) is 0 Å². The van der Waals surface area contributed by atoms with Crippen LogP contribution in [0.3, 0.4) is 0 Å². The van der Waals surface area contributed by atoms with Gasteiger partial charge in [-0.25, -0.2) is 0 Å². The van der Waals surface area contributed by atoms with Gasteiger partial charge < -0.3 is 4.90 Å². The number of carbonyl (C=O) groups excluding carboxylic acids is 1. The quantitative estimate of drug-likeness (QED) is 0.663. The maximum atomic E-state index is 13.0. The minimum atomic E-state index is -0.0771. The number of nitrogens with zero attached hydrogens (tertiary/aromatic N) is 3. The Morgan fingerprint density at radius 2 is 1.83 bits per heavy atom. The van der Waals surface area contributed by atoms with Gasteiger partial charge in [0.1, 0.15) is 0 Å². The maximum absolute atomic E-state index is 13.0. The fraction of sp³-hybridized carbons (Fsp3) is 0.150. The Morgan fingerprint density at radius 3 is 2.62 bits per heavy atom.